The largest absolute Gasteiger partial charge is 0.497 e. The van der Waals surface area contributed by atoms with Crippen molar-refractivity contribution in [2.45, 2.75) is 39.2 Å². The molecule has 1 aliphatic rings. The Morgan fingerprint density at radius 3 is 2.72 bits per heavy atom. The van der Waals surface area contributed by atoms with Crippen molar-refractivity contribution in [3.8, 4) is 5.75 Å². The van der Waals surface area contributed by atoms with Gasteiger partial charge in [-0.3, -0.25) is 0 Å². The Balaban J connectivity index is 1.94. The van der Waals surface area contributed by atoms with E-state index < -0.39 is 0 Å². The van der Waals surface area contributed by atoms with Crippen LogP contribution in [0, 0.1) is 11.8 Å². The maximum atomic E-state index is 5.30. The SMILES string of the molecule is COc1cccc(CC(CNC(C)C)C2CC2)c1. The van der Waals surface area contributed by atoms with E-state index in [-0.39, 0.29) is 0 Å². The minimum atomic E-state index is 0.580. The van der Waals surface area contributed by atoms with E-state index in [1.54, 1.807) is 7.11 Å². The molecular formula is C16H25NO. The molecule has 0 radical (unpaired) electrons. The Morgan fingerprint density at radius 1 is 1.33 bits per heavy atom. The van der Waals surface area contributed by atoms with Crippen LogP contribution in [0.15, 0.2) is 24.3 Å². The molecule has 1 aliphatic carbocycles. The molecule has 18 heavy (non-hydrogen) atoms. The molecule has 0 aromatic heterocycles. The predicted octanol–water partition coefficient (Wildman–Crippen LogP) is 3.26. The summed E-state index contributed by atoms with van der Waals surface area (Å²) in [5.74, 6) is 2.68. The van der Waals surface area contributed by atoms with Gasteiger partial charge in [0, 0.05) is 6.04 Å². The van der Waals surface area contributed by atoms with Crippen LogP contribution in [0.25, 0.3) is 0 Å². The minimum absolute atomic E-state index is 0.580. The second-order valence-electron chi connectivity index (χ2n) is 5.72. The van der Waals surface area contributed by atoms with Crippen molar-refractivity contribution < 1.29 is 4.74 Å². The van der Waals surface area contributed by atoms with E-state index in [4.69, 9.17) is 4.74 Å². The summed E-state index contributed by atoms with van der Waals surface area (Å²) >= 11 is 0. The van der Waals surface area contributed by atoms with Crippen LogP contribution in [0.4, 0.5) is 0 Å². The Hall–Kier alpha value is -1.02. The second-order valence-corrected chi connectivity index (χ2v) is 5.72. The summed E-state index contributed by atoms with van der Waals surface area (Å²) in [4.78, 5) is 0. The van der Waals surface area contributed by atoms with E-state index in [2.05, 4.69) is 37.4 Å². The summed E-state index contributed by atoms with van der Waals surface area (Å²) in [6.07, 6.45) is 3.99. The third kappa shape index (κ3) is 4.02. The molecule has 2 nitrogen and oxygen atoms in total. The van der Waals surface area contributed by atoms with Gasteiger partial charge in [0.25, 0.3) is 0 Å². The molecule has 1 aromatic carbocycles. The zero-order valence-corrected chi connectivity index (χ0v) is 11.8. The number of nitrogens with one attached hydrogen (secondary N) is 1. The fourth-order valence-electron chi connectivity index (χ4n) is 2.46. The van der Waals surface area contributed by atoms with Crippen LogP contribution in [0.2, 0.25) is 0 Å². The van der Waals surface area contributed by atoms with Crippen molar-refractivity contribution >= 4 is 0 Å². The van der Waals surface area contributed by atoms with E-state index >= 15 is 0 Å². The van der Waals surface area contributed by atoms with Gasteiger partial charge in [-0.1, -0.05) is 26.0 Å². The molecule has 0 saturated heterocycles. The fourth-order valence-corrected chi connectivity index (χ4v) is 2.46. The standard InChI is InChI=1S/C16H25NO/c1-12(2)17-11-15(14-7-8-14)9-13-5-4-6-16(10-13)18-3/h4-6,10,12,14-15,17H,7-9,11H2,1-3H3. The van der Waals surface area contributed by atoms with Gasteiger partial charge in [-0.2, -0.15) is 0 Å². The van der Waals surface area contributed by atoms with E-state index in [1.165, 1.54) is 24.8 Å². The number of benzene rings is 1. The monoisotopic (exact) mass is 247 g/mol. The first-order valence-electron chi connectivity index (χ1n) is 7.05. The lowest BCUT2D eigenvalue weighted by atomic mass is 9.94. The minimum Gasteiger partial charge on any atom is -0.497 e. The molecule has 100 valence electrons. The maximum Gasteiger partial charge on any atom is 0.119 e. The average Bonchev–Trinajstić information content (AvgIpc) is 3.18. The third-order valence-electron chi connectivity index (χ3n) is 3.71. The summed E-state index contributed by atoms with van der Waals surface area (Å²) < 4.78 is 5.30. The van der Waals surface area contributed by atoms with Gasteiger partial charge < -0.3 is 10.1 Å². The van der Waals surface area contributed by atoms with Crippen molar-refractivity contribution in [2.75, 3.05) is 13.7 Å². The highest BCUT2D eigenvalue weighted by atomic mass is 16.5. The van der Waals surface area contributed by atoms with Crippen LogP contribution in [-0.2, 0) is 6.42 Å². The number of ether oxygens (including phenoxy) is 1. The van der Waals surface area contributed by atoms with Crippen LogP contribution < -0.4 is 10.1 Å². The molecule has 2 heteroatoms. The average molecular weight is 247 g/mol. The van der Waals surface area contributed by atoms with Crippen molar-refractivity contribution in [2.24, 2.45) is 11.8 Å². The summed E-state index contributed by atoms with van der Waals surface area (Å²) in [5.41, 5.74) is 1.40. The Kier molecular flexibility index (Phi) is 4.65. The van der Waals surface area contributed by atoms with E-state index in [0.29, 0.717) is 6.04 Å². The van der Waals surface area contributed by atoms with Crippen LogP contribution in [0.3, 0.4) is 0 Å². The summed E-state index contributed by atoms with van der Waals surface area (Å²) in [5, 5.41) is 3.58. The number of hydrogen-bond acceptors (Lipinski definition) is 2. The zero-order chi connectivity index (χ0) is 13.0. The summed E-state index contributed by atoms with van der Waals surface area (Å²) in [6, 6.07) is 9.07. The lowest BCUT2D eigenvalue weighted by Crippen LogP contribution is -2.30. The number of hydrogen-bond donors (Lipinski definition) is 1. The highest BCUT2D eigenvalue weighted by Crippen LogP contribution is 2.38. The van der Waals surface area contributed by atoms with Crippen molar-refractivity contribution in [3.63, 3.8) is 0 Å². The normalized spacial score (nSPS) is 16.9. The van der Waals surface area contributed by atoms with Gasteiger partial charge in [0.05, 0.1) is 7.11 Å². The fraction of sp³-hybridized carbons (Fsp3) is 0.625. The molecule has 0 aliphatic heterocycles. The zero-order valence-electron chi connectivity index (χ0n) is 11.8. The highest BCUT2D eigenvalue weighted by Gasteiger charge is 2.30. The molecule has 1 atom stereocenters. The molecule has 1 aromatic rings. The molecular weight excluding hydrogens is 222 g/mol. The second kappa shape index (κ2) is 6.24. The van der Waals surface area contributed by atoms with Gasteiger partial charge >= 0.3 is 0 Å². The van der Waals surface area contributed by atoms with Crippen LogP contribution in [0.5, 0.6) is 5.75 Å². The van der Waals surface area contributed by atoms with Crippen molar-refractivity contribution in [3.05, 3.63) is 29.8 Å². The van der Waals surface area contributed by atoms with Gasteiger partial charge in [0.1, 0.15) is 5.75 Å². The molecule has 0 spiro atoms. The lowest BCUT2D eigenvalue weighted by Gasteiger charge is -2.19. The lowest BCUT2D eigenvalue weighted by molar-refractivity contribution is 0.399. The summed E-state index contributed by atoms with van der Waals surface area (Å²) in [6.45, 7) is 5.57. The van der Waals surface area contributed by atoms with E-state index in [9.17, 15) is 0 Å². The Labute approximate surface area is 111 Å². The van der Waals surface area contributed by atoms with Crippen LogP contribution in [-0.4, -0.2) is 19.7 Å². The molecule has 0 heterocycles. The molecule has 1 N–H and O–H groups in total. The number of methoxy groups -OCH3 is 1. The van der Waals surface area contributed by atoms with Gasteiger partial charge in [0.2, 0.25) is 0 Å². The molecule has 2 rings (SSSR count). The molecule has 1 unspecified atom stereocenters. The van der Waals surface area contributed by atoms with Gasteiger partial charge in [-0.25, -0.2) is 0 Å². The van der Waals surface area contributed by atoms with Crippen LogP contribution >= 0.6 is 0 Å². The smallest absolute Gasteiger partial charge is 0.119 e. The predicted molar refractivity (Wildman–Crippen MR) is 76.1 cm³/mol. The van der Waals surface area contributed by atoms with Crippen molar-refractivity contribution in [1.82, 2.24) is 5.32 Å². The Morgan fingerprint density at radius 2 is 2.11 bits per heavy atom. The molecule has 1 saturated carbocycles. The van der Waals surface area contributed by atoms with E-state index in [0.717, 1.165) is 24.1 Å². The summed E-state index contributed by atoms with van der Waals surface area (Å²) in [7, 11) is 1.73. The van der Waals surface area contributed by atoms with Gasteiger partial charge in [-0.15, -0.1) is 0 Å². The topological polar surface area (TPSA) is 21.3 Å². The highest BCUT2D eigenvalue weighted by molar-refractivity contribution is 5.28. The first-order valence-corrected chi connectivity index (χ1v) is 7.05. The van der Waals surface area contributed by atoms with Crippen LogP contribution in [0.1, 0.15) is 32.3 Å². The molecule has 1 fully saturated rings. The molecule has 0 bridgehead atoms. The van der Waals surface area contributed by atoms with Gasteiger partial charge in [0.15, 0.2) is 0 Å². The molecule has 0 amide bonds. The van der Waals surface area contributed by atoms with Crippen molar-refractivity contribution in [1.29, 1.82) is 0 Å². The first kappa shape index (κ1) is 13.4. The quantitative estimate of drug-likeness (QED) is 0.798. The Bertz CT molecular complexity index is 371. The van der Waals surface area contributed by atoms with Gasteiger partial charge in [-0.05, 0) is 55.3 Å². The third-order valence-corrected chi connectivity index (χ3v) is 3.71. The number of rotatable bonds is 7. The maximum absolute atomic E-state index is 5.30. The van der Waals surface area contributed by atoms with E-state index in [1.807, 2.05) is 6.07 Å². The first-order chi connectivity index (χ1) is 8.69.